The lowest BCUT2D eigenvalue weighted by Crippen LogP contribution is -2.50. The number of carbonyl (C=O) groups is 1. The summed E-state index contributed by atoms with van der Waals surface area (Å²) in [5.74, 6) is 0.0577. The number of amides is 1. The third kappa shape index (κ3) is 3.58. The Morgan fingerprint density at radius 2 is 2.08 bits per heavy atom. The number of aromatic nitrogens is 1. The molecule has 26 heavy (non-hydrogen) atoms. The summed E-state index contributed by atoms with van der Waals surface area (Å²) in [5, 5.41) is 7.50. The molecule has 2 fully saturated rings. The topological polar surface area (TPSA) is 60.5 Å². The molecule has 3 heterocycles. The number of nitrogens with zero attached hydrogens (tertiary/aromatic N) is 3. The minimum Gasteiger partial charge on any atom is -0.324 e. The van der Waals surface area contributed by atoms with Crippen LogP contribution in [0.5, 0.6) is 0 Å². The first-order chi connectivity index (χ1) is 12.7. The number of fused-ring (bicyclic) bond motifs is 1. The molecule has 2 aliphatic heterocycles. The van der Waals surface area contributed by atoms with Crippen molar-refractivity contribution in [1.29, 1.82) is 0 Å². The highest BCUT2D eigenvalue weighted by Crippen LogP contribution is 2.23. The van der Waals surface area contributed by atoms with Crippen LogP contribution in [0.2, 0.25) is 0 Å². The van der Waals surface area contributed by atoms with Crippen molar-refractivity contribution in [3.63, 3.8) is 0 Å². The molecule has 6 heteroatoms. The SMILES string of the molecule is CC(C(=O)Nc1cccc2ncccc12)N1CCC(N2CCNCC2)C1. The highest BCUT2D eigenvalue weighted by atomic mass is 16.2. The minimum absolute atomic E-state index is 0.0577. The summed E-state index contributed by atoms with van der Waals surface area (Å²) in [6, 6.07) is 10.2. The number of nitrogens with one attached hydrogen (secondary N) is 2. The normalized spacial score (nSPS) is 23.2. The van der Waals surface area contributed by atoms with Gasteiger partial charge in [-0.25, -0.2) is 0 Å². The van der Waals surface area contributed by atoms with Gasteiger partial charge in [0.2, 0.25) is 5.91 Å². The lowest BCUT2D eigenvalue weighted by molar-refractivity contribution is -0.120. The summed E-state index contributed by atoms with van der Waals surface area (Å²) in [6.45, 7) is 8.35. The smallest absolute Gasteiger partial charge is 0.241 e. The standard InChI is InChI=1S/C20H27N5O/c1-15(25-11-7-16(14-25)24-12-9-21-10-13-24)20(26)23-19-6-2-5-18-17(19)4-3-8-22-18/h2-6,8,15-16,21H,7,9-14H2,1H3,(H,23,26). The Bertz CT molecular complexity index is 768. The van der Waals surface area contributed by atoms with Crippen LogP contribution in [0.3, 0.4) is 0 Å². The van der Waals surface area contributed by atoms with Crippen molar-refractivity contribution in [2.24, 2.45) is 0 Å². The minimum atomic E-state index is -0.130. The summed E-state index contributed by atoms with van der Waals surface area (Å²) in [7, 11) is 0. The number of hydrogen-bond donors (Lipinski definition) is 2. The Kier molecular flexibility index (Phi) is 5.15. The van der Waals surface area contributed by atoms with Crippen LogP contribution in [0.1, 0.15) is 13.3 Å². The summed E-state index contributed by atoms with van der Waals surface area (Å²) in [5.41, 5.74) is 1.74. The Balaban J connectivity index is 1.40. The number of likely N-dealkylation sites (tertiary alicyclic amines) is 1. The number of carbonyl (C=O) groups excluding carboxylic acids is 1. The molecule has 2 unspecified atom stereocenters. The zero-order chi connectivity index (χ0) is 17.9. The highest BCUT2D eigenvalue weighted by Gasteiger charge is 2.33. The van der Waals surface area contributed by atoms with Gasteiger partial charge in [0.1, 0.15) is 0 Å². The highest BCUT2D eigenvalue weighted by molar-refractivity contribution is 6.02. The summed E-state index contributed by atoms with van der Waals surface area (Å²) in [4.78, 5) is 22.1. The van der Waals surface area contributed by atoms with Crippen LogP contribution in [-0.4, -0.2) is 72.0 Å². The molecule has 0 bridgehead atoms. The van der Waals surface area contributed by atoms with Gasteiger partial charge in [-0.1, -0.05) is 6.07 Å². The van der Waals surface area contributed by atoms with E-state index in [0.717, 1.165) is 62.3 Å². The first-order valence-corrected chi connectivity index (χ1v) is 9.56. The Labute approximate surface area is 154 Å². The summed E-state index contributed by atoms with van der Waals surface area (Å²) < 4.78 is 0. The second kappa shape index (κ2) is 7.70. The molecule has 0 radical (unpaired) electrons. The number of piperazine rings is 1. The van der Waals surface area contributed by atoms with E-state index < -0.39 is 0 Å². The Morgan fingerprint density at radius 1 is 1.23 bits per heavy atom. The third-order valence-corrected chi connectivity index (χ3v) is 5.69. The van der Waals surface area contributed by atoms with Crippen LogP contribution in [0, 0.1) is 0 Å². The molecule has 138 valence electrons. The second-order valence-electron chi connectivity index (χ2n) is 7.26. The van der Waals surface area contributed by atoms with Crippen molar-refractivity contribution >= 4 is 22.5 Å². The van der Waals surface area contributed by atoms with E-state index in [4.69, 9.17) is 0 Å². The molecule has 2 aliphatic rings. The number of anilines is 1. The van der Waals surface area contributed by atoms with Crippen LogP contribution >= 0.6 is 0 Å². The van der Waals surface area contributed by atoms with E-state index in [0.29, 0.717) is 6.04 Å². The number of rotatable bonds is 4. The summed E-state index contributed by atoms with van der Waals surface area (Å²) >= 11 is 0. The van der Waals surface area contributed by atoms with Crippen LogP contribution in [0.4, 0.5) is 5.69 Å². The molecule has 2 N–H and O–H groups in total. The van der Waals surface area contributed by atoms with Crippen molar-refractivity contribution in [1.82, 2.24) is 20.1 Å². The van der Waals surface area contributed by atoms with Gasteiger partial charge in [-0.05, 0) is 37.6 Å². The fourth-order valence-corrected chi connectivity index (χ4v) is 4.08. The van der Waals surface area contributed by atoms with E-state index in [1.54, 1.807) is 6.20 Å². The maximum absolute atomic E-state index is 12.8. The van der Waals surface area contributed by atoms with Crippen molar-refractivity contribution in [2.75, 3.05) is 44.6 Å². The van der Waals surface area contributed by atoms with Gasteiger partial charge in [0.15, 0.2) is 0 Å². The molecule has 1 aromatic heterocycles. The second-order valence-corrected chi connectivity index (χ2v) is 7.26. The quantitative estimate of drug-likeness (QED) is 0.873. The monoisotopic (exact) mass is 353 g/mol. The fraction of sp³-hybridized carbons (Fsp3) is 0.500. The molecule has 2 atom stereocenters. The zero-order valence-corrected chi connectivity index (χ0v) is 15.3. The fourth-order valence-electron chi connectivity index (χ4n) is 4.08. The van der Waals surface area contributed by atoms with E-state index in [2.05, 4.69) is 25.4 Å². The molecular formula is C20H27N5O. The van der Waals surface area contributed by atoms with Crippen LogP contribution in [0.25, 0.3) is 10.9 Å². The van der Waals surface area contributed by atoms with Gasteiger partial charge < -0.3 is 10.6 Å². The molecule has 1 aromatic carbocycles. The van der Waals surface area contributed by atoms with Gasteiger partial charge in [-0.3, -0.25) is 19.6 Å². The maximum atomic E-state index is 12.8. The molecule has 4 rings (SSSR count). The van der Waals surface area contributed by atoms with Crippen molar-refractivity contribution in [3.05, 3.63) is 36.5 Å². The first-order valence-electron chi connectivity index (χ1n) is 9.56. The van der Waals surface area contributed by atoms with Gasteiger partial charge in [0.25, 0.3) is 0 Å². The average molecular weight is 353 g/mol. The van der Waals surface area contributed by atoms with Gasteiger partial charge in [0.05, 0.1) is 17.2 Å². The lowest BCUT2D eigenvalue weighted by Gasteiger charge is -2.33. The molecule has 2 saturated heterocycles. The van der Waals surface area contributed by atoms with Crippen molar-refractivity contribution < 1.29 is 4.79 Å². The van der Waals surface area contributed by atoms with E-state index in [1.807, 2.05) is 37.3 Å². The molecule has 0 aliphatic carbocycles. The van der Waals surface area contributed by atoms with Gasteiger partial charge in [0, 0.05) is 56.9 Å². The van der Waals surface area contributed by atoms with Crippen LogP contribution < -0.4 is 10.6 Å². The number of pyridine rings is 1. The van der Waals surface area contributed by atoms with E-state index in [1.165, 1.54) is 0 Å². The van der Waals surface area contributed by atoms with Crippen molar-refractivity contribution in [2.45, 2.75) is 25.4 Å². The number of hydrogen-bond acceptors (Lipinski definition) is 5. The van der Waals surface area contributed by atoms with Gasteiger partial charge >= 0.3 is 0 Å². The maximum Gasteiger partial charge on any atom is 0.241 e. The molecule has 6 nitrogen and oxygen atoms in total. The Morgan fingerprint density at radius 3 is 2.92 bits per heavy atom. The van der Waals surface area contributed by atoms with Crippen LogP contribution in [0.15, 0.2) is 36.5 Å². The van der Waals surface area contributed by atoms with Gasteiger partial charge in [-0.15, -0.1) is 0 Å². The number of benzene rings is 1. The Hall–Kier alpha value is -2.02. The van der Waals surface area contributed by atoms with Gasteiger partial charge in [-0.2, -0.15) is 0 Å². The average Bonchev–Trinajstić information content (AvgIpc) is 3.18. The largest absolute Gasteiger partial charge is 0.324 e. The molecule has 0 saturated carbocycles. The van der Waals surface area contributed by atoms with E-state index >= 15 is 0 Å². The van der Waals surface area contributed by atoms with Crippen LogP contribution in [-0.2, 0) is 4.79 Å². The van der Waals surface area contributed by atoms with Crippen molar-refractivity contribution in [3.8, 4) is 0 Å². The molecule has 0 spiro atoms. The third-order valence-electron chi connectivity index (χ3n) is 5.69. The van der Waals surface area contributed by atoms with E-state index in [-0.39, 0.29) is 11.9 Å². The summed E-state index contributed by atoms with van der Waals surface area (Å²) in [6.07, 6.45) is 2.92. The predicted molar refractivity (Wildman–Crippen MR) is 104 cm³/mol. The molecule has 2 aromatic rings. The molecule has 1 amide bonds. The molecular weight excluding hydrogens is 326 g/mol. The first kappa shape index (κ1) is 17.4. The predicted octanol–water partition coefficient (Wildman–Crippen LogP) is 1.54. The zero-order valence-electron chi connectivity index (χ0n) is 15.3. The lowest BCUT2D eigenvalue weighted by atomic mass is 10.1. The van der Waals surface area contributed by atoms with E-state index in [9.17, 15) is 4.79 Å².